The standard InChI is InChI=1S/C11H15N3/c12-8-4-5-9-10(7-8)14-6-2-1-3-11(14)13-9/h4-5,7,11,13H,1-3,6,12H2. The Balaban J connectivity index is 2.02. The van der Waals surface area contributed by atoms with Gasteiger partial charge in [-0.15, -0.1) is 0 Å². The molecular weight excluding hydrogens is 174 g/mol. The van der Waals surface area contributed by atoms with E-state index < -0.39 is 0 Å². The molecule has 2 aliphatic heterocycles. The van der Waals surface area contributed by atoms with Gasteiger partial charge in [-0.2, -0.15) is 0 Å². The second-order valence-electron chi connectivity index (χ2n) is 4.13. The molecule has 0 bridgehead atoms. The largest absolute Gasteiger partial charge is 0.399 e. The van der Waals surface area contributed by atoms with Crippen molar-refractivity contribution in [1.29, 1.82) is 0 Å². The molecule has 3 N–H and O–H groups in total. The van der Waals surface area contributed by atoms with Crippen LogP contribution in [0.15, 0.2) is 18.2 Å². The first-order valence-electron chi connectivity index (χ1n) is 5.27. The average molecular weight is 189 g/mol. The number of nitrogens with one attached hydrogen (secondary N) is 1. The van der Waals surface area contributed by atoms with Crippen molar-refractivity contribution in [2.45, 2.75) is 25.4 Å². The minimum absolute atomic E-state index is 0.514. The monoisotopic (exact) mass is 189 g/mol. The first-order chi connectivity index (χ1) is 6.84. The van der Waals surface area contributed by atoms with Gasteiger partial charge in [-0.3, -0.25) is 0 Å². The summed E-state index contributed by atoms with van der Waals surface area (Å²) >= 11 is 0. The summed E-state index contributed by atoms with van der Waals surface area (Å²) in [7, 11) is 0. The highest BCUT2D eigenvalue weighted by Crippen LogP contribution is 2.39. The molecule has 3 rings (SSSR count). The first-order valence-corrected chi connectivity index (χ1v) is 5.27. The Labute approximate surface area is 83.9 Å². The van der Waals surface area contributed by atoms with Crippen molar-refractivity contribution in [2.24, 2.45) is 0 Å². The lowest BCUT2D eigenvalue weighted by Gasteiger charge is -2.31. The van der Waals surface area contributed by atoms with Crippen LogP contribution in [-0.2, 0) is 0 Å². The van der Waals surface area contributed by atoms with Crippen molar-refractivity contribution in [3.8, 4) is 0 Å². The van der Waals surface area contributed by atoms with Crippen LogP contribution in [0.3, 0.4) is 0 Å². The van der Waals surface area contributed by atoms with E-state index >= 15 is 0 Å². The van der Waals surface area contributed by atoms with Crippen molar-refractivity contribution in [2.75, 3.05) is 22.5 Å². The summed E-state index contributed by atoms with van der Waals surface area (Å²) in [6.07, 6.45) is 4.39. The molecule has 1 unspecified atom stereocenters. The van der Waals surface area contributed by atoms with Crippen molar-refractivity contribution < 1.29 is 0 Å². The van der Waals surface area contributed by atoms with Crippen LogP contribution >= 0.6 is 0 Å². The molecule has 74 valence electrons. The molecule has 0 aliphatic carbocycles. The third-order valence-corrected chi connectivity index (χ3v) is 3.16. The number of hydrogen-bond acceptors (Lipinski definition) is 3. The quantitative estimate of drug-likeness (QED) is 0.613. The van der Waals surface area contributed by atoms with Gasteiger partial charge >= 0.3 is 0 Å². The smallest absolute Gasteiger partial charge is 0.0991 e. The van der Waals surface area contributed by atoms with Gasteiger partial charge in [0.1, 0.15) is 0 Å². The molecule has 1 aromatic carbocycles. The molecule has 0 saturated carbocycles. The fourth-order valence-corrected chi connectivity index (χ4v) is 2.46. The zero-order valence-electron chi connectivity index (χ0n) is 8.16. The zero-order chi connectivity index (χ0) is 9.54. The predicted octanol–water partition coefficient (Wildman–Crippen LogP) is 2.01. The summed E-state index contributed by atoms with van der Waals surface area (Å²) in [6.45, 7) is 1.16. The molecule has 3 nitrogen and oxygen atoms in total. The number of hydrogen-bond donors (Lipinski definition) is 2. The van der Waals surface area contributed by atoms with Gasteiger partial charge in [0.05, 0.1) is 17.5 Å². The third kappa shape index (κ3) is 1.05. The van der Waals surface area contributed by atoms with E-state index in [1.165, 1.54) is 30.6 Å². The summed E-state index contributed by atoms with van der Waals surface area (Å²) < 4.78 is 0. The molecular formula is C11H15N3. The Morgan fingerprint density at radius 2 is 2.29 bits per heavy atom. The van der Waals surface area contributed by atoms with E-state index in [-0.39, 0.29) is 0 Å². The molecule has 0 spiro atoms. The fraction of sp³-hybridized carbons (Fsp3) is 0.455. The number of nitrogens with two attached hydrogens (primary N) is 1. The van der Waals surface area contributed by atoms with Crippen molar-refractivity contribution in [3.63, 3.8) is 0 Å². The van der Waals surface area contributed by atoms with Gasteiger partial charge < -0.3 is 16.0 Å². The van der Waals surface area contributed by atoms with Crippen LogP contribution in [0, 0.1) is 0 Å². The number of piperidine rings is 1. The molecule has 1 saturated heterocycles. The van der Waals surface area contributed by atoms with Gasteiger partial charge in [-0.05, 0) is 37.5 Å². The molecule has 0 amide bonds. The SMILES string of the molecule is Nc1ccc2c(c1)N1CCCCC1N2. The molecule has 2 aliphatic rings. The highest BCUT2D eigenvalue weighted by molar-refractivity contribution is 5.79. The minimum atomic E-state index is 0.514. The third-order valence-electron chi connectivity index (χ3n) is 3.16. The van der Waals surface area contributed by atoms with E-state index in [4.69, 9.17) is 5.73 Å². The number of nitrogen functional groups attached to an aromatic ring is 1. The number of fused-ring (bicyclic) bond motifs is 3. The summed E-state index contributed by atoms with van der Waals surface area (Å²) in [5.74, 6) is 0. The van der Waals surface area contributed by atoms with Crippen molar-refractivity contribution in [1.82, 2.24) is 0 Å². The summed E-state index contributed by atoms with van der Waals surface area (Å²) in [5, 5.41) is 3.53. The fourth-order valence-electron chi connectivity index (χ4n) is 2.46. The minimum Gasteiger partial charge on any atom is -0.399 e. The Kier molecular flexibility index (Phi) is 1.60. The van der Waals surface area contributed by atoms with Crippen LogP contribution in [0.1, 0.15) is 19.3 Å². The molecule has 2 heterocycles. The lowest BCUT2D eigenvalue weighted by Crippen LogP contribution is -2.39. The van der Waals surface area contributed by atoms with E-state index in [9.17, 15) is 0 Å². The van der Waals surface area contributed by atoms with Gasteiger partial charge in [0.15, 0.2) is 0 Å². The Morgan fingerprint density at radius 3 is 3.21 bits per heavy atom. The number of anilines is 3. The van der Waals surface area contributed by atoms with Crippen LogP contribution in [0.2, 0.25) is 0 Å². The van der Waals surface area contributed by atoms with Gasteiger partial charge in [0.2, 0.25) is 0 Å². The molecule has 1 atom stereocenters. The maximum Gasteiger partial charge on any atom is 0.0991 e. The lowest BCUT2D eigenvalue weighted by molar-refractivity contribution is 0.507. The van der Waals surface area contributed by atoms with E-state index in [1.54, 1.807) is 0 Å². The van der Waals surface area contributed by atoms with Crippen LogP contribution < -0.4 is 16.0 Å². The molecule has 14 heavy (non-hydrogen) atoms. The van der Waals surface area contributed by atoms with Gasteiger partial charge in [-0.1, -0.05) is 0 Å². The zero-order valence-corrected chi connectivity index (χ0v) is 8.16. The molecule has 1 fully saturated rings. The van der Waals surface area contributed by atoms with Gasteiger partial charge in [0, 0.05) is 12.2 Å². The number of rotatable bonds is 0. The highest BCUT2D eigenvalue weighted by Gasteiger charge is 2.30. The summed E-state index contributed by atoms with van der Waals surface area (Å²) in [5.41, 5.74) is 9.18. The van der Waals surface area contributed by atoms with Crippen molar-refractivity contribution in [3.05, 3.63) is 18.2 Å². The normalized spacial score (nSPS) is 24.0. The van der Waals surface area contributed by atoms with E-state index in [0.717, 1.165) is 12.2 Å². The van der Waals surface area contributed by atoms with E-state index in [1.807, 2.05) is 6.07 Å². The van der Waals surface area contributed by atoms with E-state index in [0.29, 0.717) is 6.17 Å². The topological polar surface area (TPSA) is 41.3 Å². The number of nitrogens with zero attached hydrogens (tertiary/aromatic N) is 1. The van der Waals surface area contributed by atoms with Crippen LogP contribution in [0.25, 0.3) is 0 Å². The molecule has 0 radical (unpaired) electrons. The highest BCUT2D eigenvalue weighted by atomic mass is 15.3. The maximum absolute atomic E-state index is 5.80. The second kappa shape index (κ2) is 2.80. The van der Waals surface area contributed by atoms with Gasteiger partial charge in [-0.25, -0.2) is 0 Å². The molecule has 1 aromatic rings. The van der Waals surface area contributed by atoms with Crippen molar-refractivity contribution >= 4 is 17.1 Å². The number of benzene rings is 1. The predicted molar refractivity (Wildman–Crippen MR) is 59.5 cm³/mol. The average Bonchev–Trinajstić information content (AvgIpc) is 2.56. The maximum atomic E-state index is 5.80. The Morgan fingerprint density at radius 1 is 1.36 bits per heavy atom. The summed E-state index contributed by atoms with van der Waals surface area (Å²) in [4.78, 5) is 2.44. The lowest BCUT2D eigenvalue weighted by atomic mass is 10.1. The summed E-state index contributed by atoms with van der Waals surface area (Å²) in [6, 6.07) is 6.13. The van der Waals surface area contributed by atoms with Crippen LogP contribution in [-0.4, -0.2) is 12.7 Å². The first kappa shape index (κ1) is 7.97. The van der Waals surface area contributed by atoms with Crippen LogP contribution in [0.4, 0.5) is 17.1 Å². The Bertz CT molecular complexity index is 362. The Hall–Kier alpha value is -1.38. The van der Waals surface area contributed by atoms with Gasteiger partial charge in [0.25, 0.3) is 0 Å². The van der Waals surface area contributed by atoms with Crippen LogP contribution in [0.5, 0.6) is 0 Å². The molecule has 3 heteroatoms. The van der Waals surface area contributed by atoms with E-state index in [2.05, 4.69) is 22.3 Å². The molecule has 0 aromatic heterocycles. The second-order valence-corrected chi connectivity index (χ2v) is 4.13.